The molecule has 1 atom stereocenters. The number of unbranched alkanes of at least 4 members (excludes halogenated alkanes) is 3. The van der Waals surface area contributed by atoms with Gasteiger partial charge in [0.15, 0.2) is 0 Å². The third-order valence-corrected chi connectivity index (χ3v) is 4.36. The fraction of sp³-hybridized carbons (Fsp3) is 0.684. The number of hydrogen-bond acceptors (Lipinski definition) is 2. The minimum Gasteiger partial charge on any atom is -0.493 e. The smallest absolute Gasteiger partial charge is 0.125 e. The van der Waals surface area contributed by atoms with Gasteiger partial charge in [0, 0.05) is 5.41 Å². The lowest BCUT2D eigenvalue weighted by Crippen LogP contribution is -2.40. The second-order valence-corrected chi connectivity index (χ2v) is 7.07. The molecule has 118 valence electrons. The molecule has 1 aliphatic heterocycles. The average Bonchev–Trinajstić information content (AvgIpc) is 2.40. The fourth-order valence-corrected chi connectivity index (χ4v) is 3.11. The van der Waals surface area contributed by atoms with Crippen LogP contribution in [-0.4, -0.2) is 13.2 Å². The highest BCUT2D eigenvalue weighted by molar-refractivity contribution is 5.44. The first-order chi connectivity index (χ1) is 9.95. The lowest BCUT2D eigenvalue weighted by Gasteiger charge is -2.44. The zero-order valence-corrected chi connectivity index (χ0v) is 14.3. The van der Waals surface area contributed by atoms with Crippen molar-refractivity contribution in [1.29, 1.82) is 0 Å². The molecule has 0 aromatic heterocycles. The van der Waals surface area contributed by atoms with Crippen LogP contribution in [0, 0.1) is 19.3 Å². The first-order valence-corrected chi connectivity index (χ1v) is 8.31. The largest absolute Gasteiger partial charge is 0.493 e. The maximum atomic E-state index is 6.01. The Morgan fingerprint density at radius 3 is 2.29 bits per heavy atom. The zero-order valence-electron chi connectivity index (χ0n) is 14.3. The molecule has 1 fully saturated rings. The standard InChI is InChI=1S/C19H30O2/c1-6-7-8-9-10-20-17-14(2)11-16(12-15(17)3)18-19(4,5)13-21-18/h11-12,18H,6-10,13H2,1-5H3. The lowest BCUT2D eigenvalue weighted by atomic mass is 9.78. The molecule has 1 aliphatic rings. The summed E-state index contributed by atoms with van der Waals surface area (Å²) in [6.07, 6.45) is 5.20. The summed E-state index contributed by atoms with van der Waals surface area (Å²) in [5, 5.41) is 0. The molecule has 0 N–H and O–H groups in total. The highest BCUT2D eigenvalue weighted by Crippen LogP contribution is 2.46. The molecular formula is C19H30O2. The second-order valence-electron chi connectivity index (χ2n) is 7.07. The van der Waals surface area contributed by atoms with E-state index in [1.807, 2.05) is 0 Å². The van der Waals surface area contributed by atoms with E-state index in [2.05, 4.69) is 46.8 Å². The third-order valence-electron chi connectivity index (χ3n) is 4.36. The molecule has 0 bridgehead atoms. The van der Waals surface area contributed by atoms with Gasteiger partial charge in [0.25, 0.3) is 0 Å². The van der Waals surface area contributed by atoms with Crippen LogP contribution in [-0.2, 0) is 4.74 Å². The normalized spacial score (nSPS) is 20.1. The van der Waals surface area contributed by atoms with Gasteiger partial charge in [0.1, 0.15) is 5.75 Å². The van der Waals surface area contributed by atoms with Gasteiger partial charge in [0.05, 0.1) is 19.3 Å². The highest BCUT2D eigenvalue weighted by Gasteiger charge is 2.41. The lowest BCUT2D eigenvalue weighted by molar-refractivity contribution is -0.172. The van der Waals surface area contributed by atoms with E-state index >= 15 is 0 Å². The number of aryl methyl sites for hydroxylation is 2. The van der Waals surface area contributed by atoms with E-state index in [1.165, 1.54) is 36.0 Å². The Kier molecular flexibility index (Phi) is 5.32. The fourth-order valence-electron chi connectivity index (χ4n) is 3.11. The number of ether oxygens (including phenoxy) is 2. The van der Waals surface area contributed by atoms with Crippen LogP contribution in [0.15, 0.2) is 12.1 Å². The Hall–Kier alpha value is -1.02. The van der Waals surface area contributed by atoms with Crippen LogP contribution in [0.2, 0.25) is 0 Å². The van der Waals surface area contributed by atoms with Gasteiger partial charge in [0.2, 0.25) is 0 Å². The Morgan fingerprint density at radius 1 is 1.14 bits per heavy atom. The summed E-state index contributed by atoms with van der Waals surface area (Å²) >= 11 is 0. The minimum absolute atomic E-state index is 0.230. The van der Waals surface area contributed by atoms with Crippen molar-refractivity contribution in [1.82, 2.24) is 0 Å². The predicted octanol–water partition coefficient (Wildman–Crippen LogP) is 5.36. The second kappa shape index (κ2) is 6.83. The summed E-state index contributed by atoms with van der Waals surface area (Å²) < 4.78 is 11.8. The monoisotopic (exact) mass is 290 g/mol. The first-order valence-electron chi connectivity index (χ1n) is 8.31. The van der Waals surface area contributed by atoms with Gasteiger partial charge in [-0.2, -0.15) is 0 Å². The minimum atomic E-state index is 0.230. The molecular weight excluding hydrogens is 260 g/mol. The Balaban J connectivity index is 2.00. The van der Waals surface area contributed by atoms with Crippen molar-refractivity contribution in [3.63, 3.8) is 0 Å². The zero-order chi connectivity index (χ0) is 15.5. The average molecular weight is 290 g/mol. The Bertz CT molecular complexity index is 453. The van der Waals surface area contributed by atoms with Gasteiger partial charge in [-0.15, -0.1) is 0 Å². The quantitative estimate of drug-likeness (QED) is 0.629. The van der Waals surface area contributed by atoms with Crippen LogP contribution in [0.25, 0.3) is 0 Å². The number of rotatable bonds is 7. The van der Waals surface area contributed by atoms with Crippen molar-refractivity contribution in [3.8, 4) is 5.75 Å². The van der Waals surface area contributed by atoms with Gasteiger partial charge in [-0.1, -0.05) is 40.0 Å². The maximum Gasteiger partial charge on any atom is 0.125 e. The van der Waals surface area contributed by atoms with E-state index in [9.17, 15) is 0 Å². The maximum absolute atomic E-state index is 6.01. The van der Waals surface area contributed by atoms with E-state index < -0.39 is 0 Å². The third kappa shape index (κ3) is 3.79. The van der Waals surface area contributed by atoms with Crippen LogP contribution >= 0.6 is 0 Å². The van der Waals surface area contributed by atoms with Crippen LogP contribution in [0.5, 0.6) is 5.75 Å². The molecule has 0 spiro atoms. The van der Waals surface area contributed by atoms with Crippen molar-refractivity contribution < 1.29 is 9.47 Å². The van der Waals surface area contributed by atoms with Crippen LogP contribution in [0.4, 0.5) is 0 Å². The Labute approximate surface area is 129 Å². The summed E-state index contributed by atoms with van der Waals surface area (Å²) in [5.41, 5.74) is 4.00. The van der Waals surface area contributed by atoms with Gasteiger partial charge in [-0.3, -0.25) is 0 Å². The number of hydrogen-bond donors (Lipinski definition) is 0. The van der Waals surface area contributed by atoms with E-state index in [-0.39, 0.29) is 11.5 Å². The van der Waals surface area contributed by atoms with Crippen molar-refractivity contribution in [2.24, 2.45) is 5.41 Å². The van der Waals surface area contributed by atoms with Gasteiger partial charge in [-0.25, -0.2) is 0 Å². The molecule has 0 radical (unpaired) electrons. The first kappa shape index (κ1) is 16.4. The van der Waals surface area contributed by atoms with Crippen molar-refractivity contribution >= 4 is 0 Å². The van der Waals surface area contributed by atoms with Crippen LogP contribution in [0.1, 0.15) is 69.2 Å². The van der Waals surface area contributed by atoms with Crippen molar-refractivity contribution in [3.05, 3.63) is 28.8 Å². The summed E-state index contributed by atoms with van der Waals surface area (Å²) in [7, 11) is 0. The highest BCUT2D eigenvalue weighted by atomic mass is 16.5. The molecule has 2 rings (SSSR count). The number of benzene rings is 1. The summed E-state index contributed by atoms with van der Waals surface area (Å²) in [6.45, 7) is 12.7. The molecule has 0 aliphatic carbocycles. The molecule has 1 saturated heterocycles. The Morgan fingerprint density at radius 2 is 1.81 bits per heavy atom. The van der Waals surface area contributed by atoms with Crippen LogP contribution < -0.4 is 4.74 Å². The van der Waals surface area contributed by atoms with Crippen molar-refractivity contribution in [2.45, 2.75) is 66.4 Å². The molecule has 2 nitrogen and oxygen atoms in total. The predicted molar refractivity (Wildman–Crippen MR) is 88.0 cm³/mol. The topological polar surface area (TPSA) is 18.5 Å². The summed E-state index contributed by atoms with van der Waals surface area (Å²) in [4.78, 5) is 0. The molecule has 1 unspecified atom stereocenters. The van der Waals surface area contributed by atoms with Gasteiger partial charge >= 0.3 is 0 Å². The van der Waals surface area contributed by atoms with E-state index in [0.717, 1.165) is 25.4 Å². The molecule has 21 heavy (non-hydrogen) atoms. The summed E-state index contributed by atoms with van der Waals surface area (Å²) in [6, 6.07) is 4.47. The SMILES string of the molecule is CCCCCCOc1c(C)cc(C2OCC2(C)C)cc1C. The van der Waals surface area contributed by atoms with Crippen LogP contribution in [0.3, 0.4) is 0 Å². The van der Waals surface area contributed by atoms with E-state index in [1.54, 1.807) is 0 Å². The van der Waals surface area contributed by atoms with Crippen molar-refractivity contribution in [2.75, 3.05) is 13.2 Å². The van der Waals surface area contributed by atoms with E-state index in [0.29, 0.717) is 0 Å². The summed E-state index contributed by atoms with van der Waals surface area (Å²) in [5.74, 6) is 1.06. The van der Waals surface area contributed by atoms with Gasteiger partial charge in [-0.05, 0) is 49.1 Å². The molecule has 1 aromatic rings. The molecule has 1 heterocycles. The molecule has 0 saturated carbocycles. The molecule has 0 amide bonds. The van der Waals surface area contributed by atoms with Gasteiger partial charge < -0.3 is 9.47 Å². The molecule has 1 aromatic carbocycles. The molecule has 2 heteroatoms. The van der Waals surface area contributed by atoms with E-state index in [4.69, 9.17) is 9.47 Å².